The van der Waals surface area contributed by atoms with Gasteiger partial charge >= 0.3 is 0 Å². The summed E-state index contributed by atoms with van der Waals surface area (Å²) in [6, 6.07) is 6.99. The molecule has 2 fully saturated rings. The molecule has 6 rings (SSSR count). The van der Waals surface area contributed by atoms with Crippen molar-refractivity contribution < 1.29 is 5.11 Å². The summed E-state index contributed by atoms with van der Waals surface area (Å²) in [6.45, 7) is 0.606. The lowest BCUT2D eigenvalue weighted by Crippen LogP contribution is -2.29. The van der Waals surface area contributed by atoms with Crippen molar-refractivity contribution in [2.75, 3.05) is 10.6 Å². The first-order valence-electron chi connectivity index (χ1n) is 12.6. The molecule has 182 valence electrons. The van der Waals surface area contributed by atoms with Crippen LogP contribution in [0.4, 0.5) is 11.8 Å². The minimum absolute atomic E-state index is 0.183. The Bertz CT molecular complexity index is 1260. The van der Waals surface area contributed by atoms with E-state index in [9.17, 15) is 5.11 Å². The van der Waals surface area contributed by atoms with Gasteiger partial charge in [-0.2, -0.15) is 21.3 Å². The highest BCUT2D eigenvalue weighted by atomic mass is 32.1. The van der Waals surface area contributed by atoms with E-state index in [0.717, 1.165) is 59.5 Å². The van der Waals surface area contributed by atoms with Gasteiger partial charge in [-0.1, -0.05) is 18.9 Å². The van der Waals surface area contributed by atoms with Crippen molar-refractivity contribution in [3.63, 3.8) is 0 Å². The number of nitrogens with zero attached hydrogens (tertiary/aromatic N) is 5. The van der Waals surface area contributed by atoms with Crippen LogP contribution in [0.2, 0.25) is 0 Å². The number of aromatic nitrogens is 5. The third-order valence-electron chi connectivity index (χ3n) is 7.27. The maximum atomic E-state index is 9.87. The van der Waals surface area contributed by atoms with Gasteiger partial charge in [-0.3, -0.25) is 4.98 Å². The predicted molar refractivity (Wildman–Crippen MR) is 140 cm³/mol. The molecule has 9 heteroatoms. The topological polar surface area (TPSA) is 101 Å². The standard InChI is InChI=1S/C26H31N7OS/c34-21-8-6-19(7-9-21)30-26-31-24(23-25(32-26)33(16-29-23)20-3-1-2-4-20)28-14-17-5-10-22(27-13-17)18-11-12-35-15-18/h5,10-13,15-16,19-21,34H,1-4,6-9,14H2,(H2,28,30,31,32). The second-order valence-corrected chi connectivity index (χ2v) is 10.5. The van der Waals surface area contributed by atoms with Gasteiger partial charge < -0.3 is 20.3 Å². The molecule has 0 aliphatic heterocycles. The van der Waals surface area contributed by atoms with Crippen molar-refractivity contribution in [3.8, 4) is 11.3 Å². The first-order valence-corrected chi connectivity index (χ1v) is 13.6. The third-order valence-corrected chi connectivity index (χ3v) is 7.95. The van der Waals surface area contributed by atoms with Gasteiger partial charge in [-0.15, -0.1) is 0 Å². The summed E-state index contributed by atoms with van der Waals surface area (Å²) >= 11 is 1.68. The summed E-state index contributed by atoms with van der Waals surface area (Å²) in [5, 5.41) is 21.1. The predicted octanol–water partition coefficient (Wildman–Crippen LogP) is 5.39. The summed E-state index contributed by atoms with van der Waals surface area (Å²) in [7, 11) is 0. The number of fused-ring (bicyclic) bond motifs is 1. The molecule has 0 atom stereocenters. The van der Waals surface area contributed by atoms with Crippen molar-refractivity contribution in [1.29, 1.82) is 0 Å². The minimum atomic E-state index is -0.183. The molecular weight excluding hydrogens is 458 g/mol. The van der Waals surface area contributed by atoms with E-state index >= 15 is 0 Å². The summed E-state index contributed by atoms with van der Waals surface area (Å²) in [6.07, 6.45) is 12.0. The lowest BCUT2D eigenvalue weighted by atomic mass is 9.93. The van der Waals surface area contributed by atoms with Crippen LogP contribution in [-0.2, 0) is 6.54 Å². The number of anilines is 2. The average Bonchev–Trinajstić information content (AvgIpc) is 3.66. The smallest absolute Gasteiger partial charge is 0.227 e. The number of nitrogens with one attached hydrogen (secondary N) is 2. The summed E-state index contributed by atoms with van der Waals surface area (Å²) in [5.74, 6) is 1.37. The molecule has 4 aromatic rings. The third kappa shape index (κ3) is 4.88. The van der Waals surface area contributed by atoms with Crippen LogP contribution in [0.1, 0.15) is 63.0 Å². The Kier molecular flexibility index (Phi) is 6.35. The zero-order chi connectivity index (χ0) is 23.6. The molecule has 8 nitrogen and oxygen atoms in total. The molecule has 0 bridgehead atoms. The van der Waals surface area contributed by atoms with Crippen molar-refractivity contribution in [1.82, 2.24) is 24.5 Å². The van der Waals surface area contributed by atoms with Gasteiger partial charge in [0.1, 0.15) is 0 Å². The Labute approximate surface area is 208 Å². The second kappa shape index (κ2) is 9.91. The molecule has 2 aliphatic rings. The zero-order valence-electron chi connectivity index (χ0n) is 19.7. The van der Waals surface area contributed by atoms with Crippen molar-refractivity contribution >= 4 is 34.3 Å². The fourth-order valence-corrected chi connectivity index (χ4v) is 5.90. The lowest BCUT2D eigenvalue weighted by molar-refractivity contribution is 0.126. The molecular formula is C26H31N7OS. The van der Waals surface area contributed by atoms with Gasteiger partial charge in [0, 0.05) is 35.8 Å². The van der Waals surface area contributed by atoms with Crippen LogP contribution >= 0.6 is 11.3 Å². The Hall–Kier alpha value is -3.04. The maximum absolute atomic E-state index is 9.87. The summed E-state index contributed by atoms with van der Waals surface area (Å²) < 4.78 is 2.24. The quantitative estimate of drug-likeness (QED) is 0.320. The highest BCUT2D eigenvalue weighted by Crippen LogP contribution is 2.33. The van der Waals surface area contributed by atoms with Crippen LogP contribution in [0.5, 0.6) is 0 Å². The highest BCUT2D eigenvalue weighted by Gasteiger charge is 2.24. The first-order chi connectivity index (χ1) is 17.2. The molecule has 0 amide bonds. The first kappa shape index (κ1) is 22.4. The van der Waals surface area contributed by atoms with Gasteiger partial charge in [0.05, 0.1) is 18.1 Å². The van der Waals surface area contributed by atoms with Crippen molar-refractivity contribution in [2.45, 2.75) is 76.1 Å². The number of aliphatic hydroxyl groups excluding tert-OH is 1. The second-order valence-electron chi connectivity index (χ2n) is 9.73. The molecule has 0 radical (unpaired) electrons. The molecule has 3 N–H and O–H groups in total. The molecule has 0 spiro atoms. The monoisotopic (exact) mass is 489 g/mol. The van der Waals surface area contributed by atoms with Crippen LogP contribution in [0.3, 0.4) is 0 Å². The number of hydrogen-bond donors (Lipinski definition) is 3. The Balaban J connectivity index is 1.25. The number of pyridine rings is 1. The number of thiophene rings is 1. The number of hydrogen-bond acceptors (Lipinski definition) is 8. The van der Waals surface area contributed by atoms with Gasteiger partial charge in [0.25, 0.3) is 0 Å². The molecule has 35 heavy (non-hydrogen) atoms. The van der Waals surface area contributed by atoms with E-state index < -0.39 is 0 Å². The molecule has 2 saturated carbocycles. The Morgan fingerprint density at radius 2 is 1.86 bits per heavy atom. The van der Waals surface area contributed by atoms with Crippen LogP contribution in [0.25, 0.3) is 22.4 Å². The highest BCUT2D eigenvalue weighted by molar-refractivity contribution is 7.08. The van der Waals surface area contributed by atoms with Gasteiger partial charge in [0.2, 0.25) is 5.95 Å². The van der Waals surface area contributed by atoms with E-state index in [1.807, 2.05) is 12.5 Å². The van der Waals surface area contributed by atoms with Crippen LogP contribution in [0, 0.1) is 0 Å². The van der Waals surface area contributed by atoms with E-state index in [4.69, 9.17) is 15.0 Å². The van der Waals surface area contributed by atoms with Gasteiger partial charge in [0.15, 0.2) is 17.0 Å². The van der Waals surface area contributed by atoms with Gasteiger partial charge in [-0.25, -0.2) is 4.98 Å². The van der Waals surface area contributed by atoms with E-state index in [2.05, 4.69) is 49.1 Å². The maximum Gasteiger partial charge on any atom is 0.227 e. The minimum Gasteiger partial charge on any atom is -0.393 e. The van der Waals surface area contributed by atoms with E-state index in [1.54, 1.807) is 11.3 Å². The molecule has 0 unspecified atom stereocenters. The molecule has 0 aromatic carbocycles. The fraction of sp³-hybridized carbons (Fsp3) is 0.462. The fourth-order valence-electron chi connectivity index (χ4n) is 5.25. The van der Waals surface area contributed by atoms with Crippen LogP contribution < -0.4 is 10.6 Å². The molecule has 4 aromatic heterocycles. The Morgan fingerprint density at radius 1 is 1.00 bits per heavy atom. The molecule has 2 aliphatic carbocycles. The molecule has 4 heterocycles. The van der Waals surface area contributed by atoms with E-state index in [-0.39, 0.29) is 12.1 Å². The number of rotatable bonds is 7. The SMILES string of the molecule is OC1CCC(Nc2nc(NCc3ccc(-c4ccsc4)nc3)c3ncn(C4CCCC4)c3n2)CC1. The molecule has 0 saturated heterocycles. The van der Waals surface area contributed by atoms with Crippen LogP contribution in [0.15, 0.2) is 41.5 Å². The summed E-state index contributed by atoms with van der Waals surface area (Å²) in [5.41, 5.74) is 4.92. The largest absolute Gasteiger partial charge is 0.393 e. The number of imidazole rings is 1. The van der Waals surface area contributed by atoms with Crippen molar-refractivity contribution in [2.24, 2.45) is 0 Å². The normalized spacial score (nSPS) is 20.9. The van der Waals surface area contributed by atoms with Gasteiger partial charge in [-0.05, 0) is 61.6 Å². The lowest BCUT2D eigenvalue weighted by Gasteiger charge is -2.26. The van der Waals surface area contributed by atoms with Crippen molar-refractivity contribution in [3.05, 3.63) is 47.0 Å². The summed E-state index contributed by atoms with van der Waals surface area (Å²) in [4.78, 5) is 19.1. The van der Waals surface area contributed by atoms with E-state index in [1.165, 1.54) is 25.7 Å². The Morgan fingerprint density at radius 3 is 2.60 bits per heavy atom. The zero-order valence-corrected chi connectivity index (χ0v) is 20.5. The number of aliphatic hydroxyl groups is 1. The van der Waals surface area contributed by atoms with E-state index in [0.29, 0.717) is 18.5 Å². The average molecular weight is 490 g/mol. The van der Waals surface area contributed by atoms with Crippen LogP contribution in [-0.4, -0.2) is 41.8 Å².